The Hall–Kier alpha value is -1.90. The summed E-state index contributed by atoms with van der Waals surface area (Å²) >= 11 is 3.22. The van der Waals surface area contributed by atoms with Gasteiger partial charge in [0.25, 0.3) is 5.91 Å². The van der Waals surface area contributed by atoms with Crippen molar-refractivity contribution >= 4 is 32.8 Å². The third-order valence-electron chi connectivity index (χ3n) is 4.29. The Morgan fingerprint density at radius 2 is 2.12 bits per heavy atom. The van der Waals surface area contributed by atoms with Gasteiger partial charge in [-0.15, -0.1) is 0 Å². The van der Waals surface area contributed by atoms with E-state index in [0.29, 0.717) is 22.4 Å². The number of rotatable bonds is 6. The molecule has 1 aliphatic heterocycles. The second kappa shape index (κ2) is 8.66. The molecule has 0 bridgehead atoms. The summed E-state index contributed by atoms with van der Waals surface area (Å²) < 4.78 is 16.5. The fraction of sp³-hybridized carbons (Fsp3) is 0.444. The Morgan fingerprint density at radius 3 is 2.88 bits per heavy atom. The molecular weight excluding hydrogens is 404 g/mol. The third kappa shape index (κ3) is 4.63. The lowest BCUT2D eigenvalue weighted by molar-refractivity contribution is -0.123. The molecule has 1 aromatic heterocycles. The van der Waals surface area contributed by atoms with Crippen molar-refractivity contribution in [3.63, 3.8) is 0 Å². The lowest BCUT2D eigenvalue weighted by Crippen LogP contribution is -2.42. The summed E-state index contributed by atoms with van der Waals surface area (Å²) in [5.74, 6) is 0.289. The first kappa shape index (κ1) is 18.9. The van der Waals surface area contributed by atoms with Gasteiger partial charge in [0.05, 0.1) is 13.2 Å². The second-order valence-corrected chi connectivity index (χ2v) is 6.87. The number of nitrogens with zero attached hydrogens (tertiary/aromatic N) is 1. The van der Waals surface area contributed by atoms with Crippen LogP contribution in [0.4, 0.5) is 0 Å². The van der Waals surface area contributed by atoms with E-state index in [9.17, 15) is 9.59 Å². The average molecular weight is 425 g/mol. The zero-order chi connectivity index (χ0) is 18.5. The van der Waals surface area contributed by atoms with Gasteiger partial charge in [-0.3, -0.25) is 9.69 Å². The van der Waals surface area contributed by atoms with Crippen LogP contribution in [0.3, 0.4) is 0 Å². The average Bonchev–Trinajstić information content (AvgIpc) is 2.65. The summed E-state index contributed by atoms with van der Waals surface area (Å²) in [7, 11) is 0. The van der Waals surface area contributed by atoms with Gasteiger partial charge in [-0.2, -0.15) is 0 Å². The molecule has 0 unspecified atom stereocenters. The summed E-state index contributed by atoms with van der Waals surface area (Å²) in [5.41, 5.74) is 0.803. The van der Waals surface area contributed by atoms with E-state index < -0.39 is 5.63 Å². The van der Waals surface area contributed by atoms with Crippen LogP contribution in [0.2, 0.25) is 0 Å². The van der Waals surface area contributed by atoms with Crippen molar-refractivity contribution < 1.29 is 18.7 Å². The minimum Gasteiger partial charge on any atom is -0.484 e. The van der Waals surface area contributed by atoms with E-state index in [0.717, 1.165) is 43.8 Å². The van der Waals surface area contributed by atoms with Crippen LogP contribution in [-0.4, -0.2) is 56.8 Å². The number of hydrogen-bond acceptors (Lipinski definition) is 6. The fourth-order valence-corrected chi connectivity index (χ4v) is 3.08. The zero-order valence-corrected chi connectivity index (χ0v) is 16.1. The van der Waals surface area contributed by atoms with E-state index in [1.807, 2.05) is 13.0 Å². The Kier molecular flexibility index (Phi) is 6.29. The highest BCUT2D eigenvalue weighted by Gasteiger charge is 2.12. The normalized spacial score (nSPS) is 15.2. The summed E-state index contributed by atoms with van der Waals surface area (Å²) in [6, 6.07) is 5.18. The van der Waals surface area contributed by atoms with Gasteiger partial charge in [-0.1, -0.05) is 0 Å². The van der Waals surface area contributed by atoms with Crippen molar-refractivity contribution in [3.05, 3.63) is 38.7 Å². The molecule has 3 rings (SSSR count). The van der Waals surface area contributed by atoms with Gasteiger partial charge in [0.15, 0.2) is 6.61 Å². The number of nitrogens with one attached hydrogen (secondary N) is 1. The molecule has 0 saturated carbocycles. The molecule has 8 heteroatoms. The van der Waals surface area contributed by atoms with Crippen molar-refractivity contribution in [2.24, 2.45) is 0 Å². The molecule has 1 aromatic carbocycles. The van der Waals surface area contributed by atoms with Crippen LogP contribution in [-0.2, 0) is 9.53 Å². The van der Waals surface area contributed by atoms with Crippen molar-refractivity contribution in [1.82, 2.24) is 10.2 Å². The maximum atomic E-state index is 11.9. The Morgan fingerprint density at radius 1 is 1.35 bits per heavy atom. The molecule has 140 valence electrons. The maximum absolute atomic E-state index is 11.9. The Bertz CT molecular complexity index is 845. The maximum Gasteiger partial charge on any atom is 0.350 e. The van der Waals surface area contributed by atoms with Gasteiger partial charge >= 0.3 is 5.63 Å². The Labute approximate surface area is 159 Å². The molecule has 1 amide bonds. The van der Waals surface area contributed by atoms with Crippen molar-refractivity contribution in [3.8, 4) is 5.75 Å². The van der Waals surface area contributed by atoms with Crippen LogP contribution >= 0.6 is 15.9 Å². The molecule has 0 radical (unpaired) electrons. The molecular formula is C18H21BrN2O5. The highest BCUT2D eigenvalue weighted by atomic mass is 79.9. The van der Waals surface area contributed by atoms with Crippen molar-refractivity contribution in [2.75, 3.05) is 46.0 Å². The fourth-order valence-electron chi connectivity index (χ4n) is 2.78. The summed E-state index contributed by atoms with van der Waals surface area (Å²) in [6.45, 7) is 6.39. The molecule has 2 heterocycles. The summed E-state index contributed by atoms with van der Waals surface area (Å²) in [4.78, 5) is 25.9. The molecule has 1 fully saturated rings. The number of carbonyl (C=O) groups is 1. The van der Waals surface area contributed by atoms with E-state index in [1.165, 1.54) is 0 Å². The molecule has 7 nitrogen and oxygen atoms in total. The van der Waals surface area contributed by atoms with Crippen LogP contribution in [0.15, 0.2) is 31.9 Å². The lowest BCUT2D eigenvalue weighted by atomic mass is 10.1. The van der Waals surface area contributed by atoms with E-state index in [4.69, 9.17) is 13.9 Å². The standard InChI is InChI=1S/C18H21BrN2O5/c1-12-14-3-2-13(10-15(14)26-18(23)17(12)19)25-11-16(22)20-4-5-21-6-8-24-9-7-21/h2-3,10H,4-9,11H2,1H3,(H,20,22). The number of aryl methyl sites for hydroxylation is 1. The highest BCUT2D eigenvalue weighted by molar-refractivity contribution is 9.10. The first-order valence-electron chi connectivity index (χ1n) is 8.47. The number of benzene rings is 1. The third-order valence-corrected chi connectivity index (χ3v) is 5.21. The molecule has 0 spiro atoms. The van der Waals surface area contributed by atoms with E-state index in [1.54, 1.807) is 12.1 Å². The molecule has 0 atom stereocenters. The number of ether oxygens (including phenoxy) is 2. The van der Waals surface area contributed by atoms with E-state index in [-0.39, 0.29) is 12.5 Å². The quantitative estimate of drug-likeness (QED) is 0.710. The number of amides is 1. The van der Waals surface area contributed by atoms with Crippen LogP contribution in [0.5, 0.6) is 5.75 Å². The second-order valence-electron chi connectivity index (χ2n) is 6.08. The minimum atomic E-state index is -0.437. The monoisotopic (exact) mass is 424 g/mol. The van der Waals surface area contributed by atoms with Crippen LogP contribution in [0, 0.1) is 6.92 Å². The molecule has 2 aromatic rings. The number of morpholine rings is 1. The van der Waals surface area contributed by atoms with Gasteiger partial charge in [0.1, 0.15) is 15.8 Å². The summed E-state index contributed by atoms with van der Waals surface area (Å²) in [5, 5.41) is 3.66. The smallest absolute Gasteiger partial charge is 0.350 e. The zero-order valence-electron chi connectivity index (χ0n) is 14.5. The van der Waals surface area contributed by atoms with Crippen molar-refractivity contribution in [2.45, 2.75) is 6.92 Å². The van der Waals surface area contributed by atoms with Crippen LogP contribution in [0.1, 0.15) is 5.56 Å². The first-order chi connectivity index (χ1) is 12.5. The number of halogens is 1. The van der Waals surface area contributed by atoms with E-state index >= 15 is 0 Å². The number of hydrogen-bond donors (Lipinski definition) is 1. The predicted molar refractivity (Wildman–Crippen MR) is 101 cm³/mol. The van der Waals surface area contributed by atoms with Crippen LogP contribution in [0.25, 0.3) is 11.0 Å². The topological polar surface area (TPSA) is 81.0 Å². The SMILES string of the molecule is Cc1c(Br)c(=O)oc2cc(OCC(=O)NCCN3CCOCC3)ccc12. The van der Waals surface area contributed by atoms with Crippen LogP contribution < -0.4 is 15.7 Å². The molecule has 1 N–H and O–H groups in total. The number of fused-ring (bicyclic) bond motifs is 1. The predicted octanol–water partition coefficient (Wildman–Crippen LogP) is 1.69. The van der Waals surface area contributed by atoms with Gasteiger partial charge in [-0.25, -0.2) is 4.79 Å². The minimum absolute atomic E-state index is 0.0889. The first-order valence-corrected chi connectivity index (χ1v) is 9.26. The van der Waals surface area contributed by atoms with E-state index in [2.05, 4.69) is 26.1 Å². The molecule has 26 heavy (non-hydrogen) atoms. The largest absolute Gasteiger partial charge is 0.484 e. The highest BCUT2D eigenvalue weighted by Crippen LogP contribution is 2.26. The van der Waals surface area contributed by atoms with Gasteiger partial charge in [0.2, 0.25) is 0 Å². The lowest BCUT2D eigenvalue weighted by Gasteiger charge is -2.26. The molecule has 1 aliphatic rings. The number of carbonyl (C=O) groups excluding carboxylic acids is 1. The van der Waals surface area contributed by atoms with Gasteiger partial charge in [0, 0.05) is 37.6 Å². The molecule has 0 aliphatic carbocycles. The van der Waals surface area contributed by atoms with Gasteiger partial charge < -0.3 is 19.2 Å². The van der Waals surface area contributed by atoms with Gasteiger partial charge in [-0.05, 0) is 40.5 Å². The Balaban J connectivity index is 1.51. The molecule has 1 saturated heterocycles. The summed E-state index contributed by atoms with van der Waals surface area (Å²) in [6.07, 6.45) is 0. The van der Waals surface area contributed by atoms with Crippen molar-refractivity contribution in [1.29, 1.82) is 0 Å².